The molecular formula is C22H25Zr-. The Bertz CT molecular complexity index is 783. The zero-order valence-electron chi connectivity index (χ0n) is 14.8. The molecule has 0 amide bonds. The predicted molar refractivity (Wildman–Crippen MR) is 97.8 cm³/mol. The van der Waals surface area contributed by atoms with Gasteiger partial charge in [-0.3, -0.25) is 0 Å². The van der Waals surface area contributed by atoms with Gasteiger partial charge in [0, 0.05) is 26.2 Å². The van der Waals surface area contributed by atoms with Gasteiger partial charge in [0.15, 0.2) is 0 Å². The van der Waals surface area contributed by atoms with E-state index in [1.807, 2.05) is 0 Å². The fourth-order valence-electron chi connectivity index (χ4n) is 2.99. The third kappa shape index (κ3) is 3.72. The molecule has 0 heterocycles. The van der Waals surface area contributed by atoms with Gasteiger partial charge in [-0.2, -0.15) is 6.07 Å². The van der Waals surface area contributed by atoms with Crippen LogP contribution in [0.3, 0.4) is 0 Å². The van der Waals surface area contributed by atoms with Gasteiger partial charge in [-0.25, -0.2) is 0 Å². The maximum atomic E-state index is 2.35. The van der Waals surface area contributed by atoms with Crippen LogP contribution in [0, 0.1) is 0 Å². The molecule has 0 aromatic heterocycles. The SMILES string of the molecule is CC(C)c1cc2c(-c3ccc(C(C)(C)C)cc3)cccc2[cH-]1.[Zr]. The zero-order chi connectivity index (χ0) is 15.9. The van der Waals surface area contributed by atoms with E-state index in [0.717, 1.165) is 0 Å². The number of rotatable bonds is 2. The summed E-state index contributed by atoms with van der Waals surface area (Å²) in [5.74, 6) is 0.573. The van der Waals surface area contributed by atoms with E-state index in [1.54, 1.807) is 0 Å². The van der Waals surface area contributed by atoms with E-state index in [4.69, 9.17) is 0 Å². The van der Waals surface area contributed by atoms with Gasteiger partial charge in [-0.15, -0.1) is 34.5 Å². The quantitative estimate of drug-likeness (QED) is 0.437. The summed E-state index contributed by atoms with van der Waals surface area (Å²) in [5.41, 5.74) is 5.65. The van der Waals surface area contributed by atoms with Gasteiger partial charge in [-0.05, 0) is 22.5 Å². The molecule has 0 aliphatic heterocycles. The maximum Gasteiger partial charge on any atom is 0 e. The van der Waals surface area contributed by atoms with E-state index in [-0.39, 0.29) is 31.6 Å². The predicted octanol–water partition coefficient (Wildman–Crippen LogP) is 6.64. The number of hydrogen-bond donors (Lipinski definition) is 0. The Hall–Kier alpha value is -1.07. The molecule has 0 N–H and O–H groups in total. The average molecular weight is 381 g/mol. The summed E-state index contributed by atoms with van der Waals surface area (Å²) < 4.78 is 0. The van der Waals surface area contributed by atoms with Crippen molar-refractivity contribution in [1.29, 1.82) is 0 Å². The van der Waals surface area contributed by atoms with Gasteiger partial charge in [0.25, 0.3) is 0 Å². The summed E-state index contributed by atoms with van der Waals surface area (Å²) in [4.78, 5) is 0. The molecule has 0 saturated carbocycles. The van der Waals surface area contributed by atoms with E-state index >= 15 is 0 Å². The van der Waals surface area contributed by atoms with Gasteiger partial charge in [0.05, 0.1) is 0 Å². The molecule has 0 aliphatic rings. The Morgan fingerprint density at radius 3 is 2.13 bits per heavy atom. The Labute approximate surface area is 159 Å². The van der Waals surface area contributed by atoms with Crippen LogP contribution in [-0.4, -0.2) is 0 Å². The summed E-state index contributed by atoms with van der Waals surface area (Å²) in [7, 11) is 0. The van der Waals surface area contributed by atoms with Crippen LogP contribution in [0.1, 0.15) is 51.7 Å². The summed E-state index contributed by atoms with van der Waals surface area (Å²) in [6, 6.07) is 20.3. The topological polar surface area (TPSA) is 0 Å². The Morgan fingerprint density at radius 1 is 0.913 bits per heavy atom. The van der Waals surface area contributed by atoms with Crippen molar-refractivity contribution in [2.24, 2.45) is 0 Å². The number of hydrogen-bond acceptors (Lipinski definition) is 0. The normalized spacial score (nSPS) is 11.7. The van der Waals surface area contributed by atoms with Crippen molar-refractivity contribution >= 4 is 10.8 Å². The molecule has 0 nitrogen and oxygen atoms in total. The zero-order valence-corrected chi connectivity index (χ0v) is 17.2. The molecular weight excluding hydrogens is 355 g/mol. The molecule has 3 aromatic rings. The minimum absolute atomic E-state index is 0. The van der Waals surface area contributed by atoms with Crippen molar-refractivity contribution in [2.45, 2.75) is 46.0 Å². The standard InChI is InChI=1S/C22H25.Zr/c1-15(2)18-13-17-7-6-8-20(21(17)14-18)16-9-11-19(12-10-16)22(3,4)5;/h6-15H,1-5H3;/q-1;. The van der Waals surface area contributed by atoms with Crippen LogP contribution in [0.15, 0.2) is 54.6 Å². The second-order valence-electron chi connectivity index (χ2n) is 7.58. The van der Waals surface area contributed by atoms with Gasteiger partial charge in [-0.1, -0.05) is 70.5 Å². The van der Waals surface area contributed by atoms with E-state index in [2.05, 4.69) is 89.2 Å². The van der Waals surface area contributed by atoms with Gasteiger partial charge in [0.2, 0.25) is 0 Å². The van der Waals surface area contributed by atoms with Crippen molar-refractivity contribution in [3.63, 3.8) is 0 Å². The molecule has 1 heteroatoms. The summed E-state index contributed by atoms with van der Waals surface area (Å²) in [6.07, 6.45) is 0. The first-order chi connectivity index (χ1) is 10.4. The number of fused-ring (bicyclic) bond motifs is 1. The fourth-order valence-corrected chi connectivity index (χ4v) is 2.99. The van der Waals surface area contributed by atoms with Crippen LogP contribution in [0.4, 0.5) is 0 Å². The summed E-state index contributed by atoms with van der Waals surface area (Å²) in [6.45, 7) is 11.3. The average Bonchev–Trinajstić information content (AvgIpc) is 2.90. The smallest absolute Gasteiger partial charge is 0 e. The summed E-state index contributed by atoms with van der Waals surface area (Å²) in [5, 5.41) is 2.72. The third-order valence-electron chi connectivity index (χ3n) is 4.50. The van der Waals surface area contributed by atoms with Crippen molar-refractivity contribution in [2.75, 3.05) is 0 Å². The second kappa shape index (κ2) is 6.82. The van der Waals surface area contributed by atoms with Gasteiger partial charge >= 0.3 is 0 Å². The van der Waals surface area contributed by atoms with Crippen molar-refractivity contribution in [3.05, 3.63) is 65.7 Å². The number of benzene rings is 2. The van der Waals surface area contributed by atoms with Crippen LogP contribution < -0.4 is 0 Å². The van der Waals surface area contributed by atoms with E-state index in [0.29, 0.717) is 5.92 Å². The van der Waals surface area contributed by atoms with E-state index < -0.39 is 0 Å². The maximum absolute atomic E-state index is 2.35. The van der Waals surface area contributed by atoms with E-state index in [1.165, 1.54) is 33.0 Å². The first kappa shape index (κ1) is 18.3. The molecule has 118 valence electrons. The van der Waals surface area contributed by atoms with Crippen LogP contribution >= 0.6 is 0 Å². The monoisotopic (exact) mass is 379 g/mol. The Balaban J connectivity index is 0.00000192. The molecule has 0 aliphatic carbocycles. The molecule has 0 unspecified atom stereocenters. The fraction of sp³-hybridized carbons (Fsp3) is 0.318. The first-order valence-electron chi connectivity index (χ1n) is 8.16. The van der Waals surface area contributed by atoms with E-state index in [9.17, 15) is 0 Å². The minimum Gasteiger partial charge on any atom is -0.164 e. The van der Waals surface area contributed by atoms with Crippen LogP contribution in [0.2, 0.25) is 0 Å². The molecule has 0 spiro atoms. The minimum atomic E-state index is 0. The van der Waals surface area contributed by atoms with Gasteiger partial charge < -0.3 is 0 Å². The van der Waals surface area contributed by atoms with Crippen molar-refractivity contribution < 1.29 is 26.2 Å². The molecule has 0 radical (unpaired) electrons. The second-order valence-corrected chi connectivity index (χ2v) is 7.58. The molecule has 23 heavy (non-hydrogen) atoms. The molecule has 0 bridgehead atoms. The molecule has 0 saturated heterocycles. The van der Waals surface area contributed by atoms with Crippen molar-refractivity contribution in [1.82, 2.24) is 0 Å². The third-order valence-corrected chi connectivity index (χ3v) is 4.50. The largest absolute Gasteiger partial charge is 0.164 e. The van der Waals surface area contributed by atoms with Crippen LogP contribution in [0.25, 0.3) is 21.9 Å². The van der Waals surface area contributed by atoms with Crippen LogP contribution in [0.5, 0.6) is 0 Å². The van der Waals surface area contributed by atoms with Crippen molar-refractivity contribution in [3.8, 4) is 11.1 Å². The van der Waals surface area contributed by atoms with Gasteiger partial charge in [0.1, 0.15) is 0 Å². The summed E-state index contributed by atoms with van der Waals surface area (Å²) >= 11 is 0. The first-order valence-corrected chi connectivity index (χ1v) is 8.16. The molecule has 3 rings (SSSR count). The van der Waals surface area contributed by atoms with Crippen LogP contribution in [-0.2, 0) is 31.6 Å². The Kier molecular flexibility index (Phi) is 5.42. The molecule has 0 fully saturated rings. The molecule has 3 aromatic carbocycles. The molecule has 0 atom stereocenters. The Morgan fingerprint density at radius 2 is 1.57 bits per heavy atom.